The van der Waals surface area contributed by atoms with Crippen molar-refractivity contribution in [1.29, 1.82) is 0 Å². The number of nitrogens with one attached hydrogen (secondary N) is 1. The third kappa shape index (κ3) is 3.23. The normalized spacial score (nSPS) is 10.8. The topological polar surface area (TPSA) is 51.2 Å². The summed E-state index contributed by atoms with van der Waals surface area (Å²) in [5, 5.41) is 4.36. The molecule has 2 aromatic carbocycles. The lowest BCUT2D eigenvalue weighted by atomic mass is 10.2. The van der Waals surface area contributed by atoms with Crippen molar-refractivity contribution in [2.75, 3.05) is 12.4 Å². The lowest BCUT2D eigenvalue weighted by molar-refractivity contribution is 0.102. The Labute approximate surface area is 150 Å². The van der Waals surface area contributed by atoms with E-state index in [-0.39, 0.29) is 5.91 Å². The molecule has 0 saturated carbocycles. The molecule has 0 spiro atoms. The number of carbonyl (C=O) groups is 1. The summed E-state index contributed by atoms with van der Waals surface area (Å²) in [6, 6.07) is 8.31. The van der Waals surface area contributed by atoms with Crippen molar-refractivity contribution >= 4 is 67.4 Å². The molecule has 0 unspecified atom stereocenters. The van der Waals surface area contributed by atoms with Crippen molar-refractivity contribution in [3.8, 4) is 5.75 Å². The summed E-state index contributed by atoms with van der Waals surface area (Å²) >= 11 is 19.3. The number of hydrogen-bond acceptors (Lipinski definition) is 4. The van der Waals surface area contributed by atoms with E-state index in [9.17, 15) is 4.79 Å². The van der Waals surface area contributed by atoms with Crippen molar-refractivity contribution in [2.45, 2.75) is 0 Å². The van der Waals surface area contributed by atoms with Crippen LogP contribution in [0.1, 0.15) is 10.4 Å². The molecule has 0 saturated heterocycles. The van der Waals surface area contributed by atoms with Crippen LogP contribution in [-0.4, -0.2) is 18.0 Å². The van der Waals surface area contributed by atoms with Gasteiger partial charge in [-0.25, -0.2) is 4.98 Å². The van der Waals surface area contributed by atoms with Crippen LogP contribution in [0.5, 0.6) is 5.75 Å². The molecule has 0 aliphatic heterocycles. The van der Waals surface area contributed by atoms with Crippen molar-refractivity contribution in [3.05, 3.63) is 51.0 Å². The maximum Gasteiger partial charge on any atom is 0.261 e. The highest BCUT2D eigenvalue weighted by molar-refractivity contribution is 7.22. The first-order chi connectivity index (χ1) is 11.0. The average molecular weight is 388 g/mol. The van der Waals surface area contributed by atoms with E-state index in [2.05, 4.69) is 10.3 Å². The maximum absolute atomic E-state index is 12.4. The second-order valence-corrected chi connectivity index (χ2v) is 6.78. The summed E-state index contributed by atoms with van der Waals surface area (Å²) in [6.45, 7) is 0. The van der Waals surface area contributed by atoms with E-state index >= 15 is 0 Å². The fourth-order valence-electron chi connectivity index (χ4n) is 2.01. The second-order valence-electron chi connectivity index (χ2n) is 4.53. The molecule has 3 aromatic rings. The van der Waals surface area contributed by atoms with Gasteiger partial charge in [0.25, 0.3) is 5.91 Å². The molecule has 1 N–H and O–H groups in total. The lowest BCUT2D eigenvalue weighted by Crippen LogP contribution is -2.13. The van der Waals surface area contributed by atoms with Crippen LogP contribution in [0.3, 0.4) is 0 Å². The number of fused-ring (bicyclic) bond motifs is 1. The van der Waals surface area contributed by atoms with Gasteiger partial charge in [0.2, 0.25) is 0 Å². The predicted molar refractivity (Wildman–Crippen MR) is 95.6 cm³/mol. The Morgan fingerprint density at radius 3 is 2.74 bits per heavy atom. The Balaban J connectivity index is 1.94. The van der Waals surface area contributed by atoms with Crippen molar-refractivity contribution in [3.63, 3.8) is 0 Å². The van der Waals surface area contributed by atoms with Gasteiger partial charge in [0.1, 0.15) is 11.3 Å². The summed E-state index contributed by atoms with van der Waals surface area (Å²) in [5.74, 6) is 0.0553. The summed E-state index contributed by atoms with van der Waals surface area (Å²) in [7, 11) is 1.49. The highest BCUT2D eigenvalue weighted by Gasteiger charge is 2.16. The molecule has 3 rings (SSSR count). The quantitative estimate of drug-likeness (QED) is 0.644. The maximum atomic E-state index is 12.4. The van der Waals surface area contributed by atoms with Gasteiger partial charge in [0, 0.05) is 5.02 Å². The number of benzene rings is 2. The van der Waals surface area contributed by atoms with Crippen LogP contribution < -0.4 is 10.1 Å². The van der Waals surface area contributed by atoms with Gasteiger partial charge in [-0.3, -0.25) is 10.1 Å². The Morgan fingerprint density at radius 2 is 2.00 bits per heavy atom. The first-order valence-corrected chi connectivity index (χ1v) is 8.34. The number of aromatic nitrogens is 1. The molecule has 8 heteroatoms. The zero-order chi connectivity index (χ0) is 16.6. The minimum Gasteiger partial charge on any atom is -0.496 e. The first-order valence-electron chi connectivity index (χ1n) is 6.39. The van der Waals surface area contributed by atoms with Crippen LogP contribution in [0, 0.1) is 0 Å². The fourth-order valence-corrected chi connectivity index (χ4v) is 3.47. The SMILES string of the molecule is COc1ccc(Cl)cc1C(=O)Nc1nc2c(Cl)c(Cl)ccc2s1. The number of halogens is 3. The number of methoxy groups -OCH3 is 1. The number of thiazole rings is 1. The van der Waals surface area contributed by atoms with Gasteiger partial charge in [-0.15, -0.1) is 0 Å². The molecule has 23 heavy (non-hydrogen) atoms. The number of amides is 1. The third-order valence-electron chi connectivity index (χ3n) is 3.08. The molecule has 0 bridgehead atoms. The molecule has 1 heterocycles. The molecule has 0 aliphatic carbocycles. The smallest absolute Gasteiger partial charge is 0.261 e. The lowest BCUT2D eigenvalue weighted by Gasteiger charge is -2.08. The average Bonchev–Trinajstić information content (AvgIpc) is 2.94. The van der Waals surface area contributed by atoms with Gasteiger partial charge in [-0.1, -0.05) is 46.1 Å². The minimum atomic E-state index is -0.370. The van der Waals surface area contributed by atoms with E-state index in [1.807, 2.05) is 0 Å². The van der Waals surface area contributed by atoms with Crippen LogP contribution >= 0.6 is 46.1 Å². The Kier molecular flexibility index (Phi) is 4.64. The number of rotatable bonds is 3. The summed E-state index contributed by atoms with van der Waals surface area (Å²) in [6.07, 6.45) is 0. The number of hydrogen-bond donors (Lipinski definition) is 1. The van der Waals surface area contributed by atoms with E-state index in [0.717, 1.165) is 4.70 Å². The molecule has 0 fully saturated rings. The molecule has 0 radical (unpaired) electrons. The first kappa shape index (κ1) is 16.3. The largest absolute Gasteiger partial charge is 0.496 e. The van der Waals surface area contributed by atoms with Crippen LogP contribution in [0.4, 0.5) is 5.13 Å². The molecule has 1 aromatic heterocycles. The molecule has 0 atom stereocenters. The van der Waals surface area contributed by atoms with E-state index < -0.39 is 0 Å². The standard InChI is InChI=1S/C15H9Cl3N2O2S/c1-22-10-4-2-7(16)6-8(10)14(21)20-15-19-13-11(23-15)5-3-9(17)12(13)18/h2-6H,1H3,(H,19,20,21). The van der Waals surface area contributed by atoms with Crippen LogP contribution in [0.15, 0.2) is 30.3 Å². The highest BCUT2D eigenvalue weighted by Crippen LogP contribution is 2.35. The Bertz CT molecular complexity index is 911. The highest BCUT2D eigenvalue weighted by atomic mass is 35.5. The third-order valence-corrected chi connectivity index (χ3v) is 5.04. The minimum absolute atomic E-state index is 0.323. The summed E-state index contributed by atoms with van der Waals surface area (Å²) < 4.78 is 6.00. The molecule has 0 aliphatic rings. The van der Waals surface area contributed by atoms with Gasteiger partial charge in [-0.05, 0) is 30.3 Å². The monoisotopic (exact) mass is 386 g/mol. The van der Waals surface area contributed by atoms with Crippen molar-refractivity contribution in [2.24, 2.45) is 0 Å². The molecular formula is C15H9Cl3N2O2S. The van der Waals surface area contributed by atoms with E-state index in [4.69, 9.17) is 39.5 Å². The van der Waals surface area contributed by atoms with Gasteiger partial charge >= 0.3 is 0 Å². The van der Waals surface area contributed by atoms with E-state index in [0.29, 0.717) is 37.0 Å². The second kappa shape index (κ2) is 6.53. The van der Waals surface area contributed by atoms with Crippen LogP contribution in [0.25, 0.3) is 10.2 Å². The Morgan fingerprint density at radius 1 is 1.22 bits per heavy atom. The van der Waals surface area contributed by atoms with E-state index in [1.165, 1.54) is 24.5 Å². The summed E-state index contributed by atoms with van der Waals surface area (Å²) in [4.78, 5) is 16.7. The molecule has 4 nitrogen and oxygen atoms in total. The van der Waals surface area contributed by atoms with Crippen molar-refractivity contribution < 1.29 is 9.53 Å². The van der Waals surface area contributed by atoms with Gasteiger partial charge < -0.3 is 4.74 Å². The molecule has 118 valence electrons. The van der Waals surface area contributed by atoms with Crippen LogP contribution in [0.2, 0.25) is 15.1 Å². The van der Waals surface area contributed by atoms with Crippen LogP contribution in [-0.2, 0) is 0 Å². The number of carbonyl (C=O) groups excluding carboxylic acids is 1. The van der Waals surface area contributed by atoms with Gasteiger partial charge in [0.05, 0.1) is 27.4 Å². The number of ether oxygens (including phenoxy) is 1. The summed E-state index contributed by atoms with van der Waals surface area (Å²) in [5.41, 5.74) is 0.876. The van der Waals surface area contributed by atoms with Gasteiger partial charge in [-0.2, -0.15) is 0 Å². The predicted octanol–water partition coefficient (Wildman–Crippen LogP) is 5.52. The number of nitrogens with zero attached hydrogens (tertiary/aromatic N) is 1. The number of anilines is 1. The van der Waals surface area contributed by atoms with Gasteiger partial charge in [0.15, 0.2) is 5.13 Å². The zero-order valence-electron chi connectivity index (χ0n) is 11.7. The molecular weight excluding hydrogens is 379 g/mol. The Hall–Kier alpha value is -1.53. The fraction of sp³-hybridized carbons (Fsp3) is 0.0667. The zero-order valence-corrected chi connectivity index (χ0v) is 14.8. The van der Waals surface area contributed by atoms with Crippen molar-refractivity contribution in [1.82, 2.24) is 4.98 Å². The van der Waals surface area contributed by atoms with E-state index in [1.54, 1.807) is 24.3 Å². The molecule has 1 amide bonds.